The van der Waals surface area contributed by atoms with E-state index in [1.807, 2.05) is 30.5 Å². The number of rotatable bonds is 2. The van der Waals surface area contributed by atoms with Crippen molar-refractivity contribution in [2.24, 2.45) is 4.99 Å². The summed E-state index contributed by atoms with van der Waals surface area (Å²) in [6, 6.07) is 8.08. The van der Waals surface area contributed by atoms with E-state index in [9.17, 15) is 5.11 Å². The van der Waals surface area contributed by atoms with Crippen molar-refractivity contribution in [3.8, 4) is 0 Å². The van der Waals surface area contributed by atoms with Gasteiger partial charge in [0.2, 0.25) is 0 Å². The number of benzene rings is 1. The van der Waals surface area contributed by atoms with Gasteiger partial charge in [0, 0.05) is 17.5 Å². The normalized spacial score (nSPS) is 26.1. The number of nitrogens with zero attached hydrogens (tertiary/aromatic N) is 1. The largest absolute Gasteiger partial charge is 0.398 e. The lowest BCUT2D eigenvalue weighted by Crippen LogP contribution is -2.20. The first-order chi connectivity index (χ1) is 7.75. The van der Waals surface area contributed by atoms with Crippen LogP contribution in [0.3, 0.4) is 0 Å². The molecule has 16 heavy (non-hydrogen) atoms. The standard InChI is InChI=1S/C13H18N2O/c14-13-4-2-1-3-10(13)9-15-11-5-7-12(16)8-6-11/h1-4,9,11-12,16H,5-8,14H2. The minimum atomic E-state index is -0.117. The van der Waals surface area contributed by atoms with Crippen molar-refractivity contribution >= 4 is 11.9 Å². The summed E-state index contributed by atoms with van der Waals surface area (Å²) < 4.78 is 0. The molecule has 3 heteroatoms. The third kappa shape index (κ3) is 2.83. The van der Waals surface area contributed by atoms with Crippen LogP contribution in [0, 0.1) is 0 Å². The van der Waals surface area contributed by atoms with E-state index >= 15 is 0 Å². The van der Waals surface area contributed by atoms with Crippen LogP contribution in [0.5, 0.6) is 0 Å². The first kappa shape index (κ1) is 11.1. The molecule has 0 aromatic heterocycles. The van der Waals surface area contributed by atoms with Gasteiger partial charge in [0.1, 0.15) is 0 Å². The van der Waals surface area contributed by atoms with Crippen molar-refractivity contribution in [2.45, 2.75) is 37.8 Å². The second-order valence-electron chi connectivity index (χ2n) is 4.37. The third-order valence-corrected chi connectivity index (χ3v) is 3.09. The van der Waals surface area contributed by atoms with Gasteiger partial charge in [-0.25, -0.2) is 0 Å². The average Bonchev–Trinajstić information content (AvgIpc) is 2.30. The number of hydrogen-bond donors (Lipinski definition) is 2. The molecular formula is C13H18N2O. The highest BCUT2D eigenvalue weighted by molar-refractivity contribution is 5.86. The predicted molar refractivity (Wildman–Crippen MR) is 66.7 cm³/mol. The topological polar surface area (TPSA) is 58.6 Å². The molecule has 0 radical (unpaired) electrons. The lowest BCUT2D eigenvalue weighted by atomic mass is 9.93. The van der Waals surface area contributed by atoms with Crippen molar-refractivity contribution < 1.29 is 5.11 Å². The molecule has 1 fully saturated rings. The van der Waals surface area contributed by atoms with E-state index in [1.54, 1.807) is 0 Å². The Hall–Kier alpha value is -1.35. The van der Waals surface area contributed by atoms with Crippen molar-refractivity contribution in [1.29, 1.82) is 0 Å². The molecule has 2 rings (SSSR count). The highest BCUT2D eigenvalue weighted by Gasteiger charge is 2.17. The molecule has 1 aromatic rings. The Kier molecular flexibility index (Phi) is 3.57. The van der Waals surface area contributed by atoms with Crippen molar-refractivity contribution in [2.75, 3.05) is 5.73 Å². The van der Waals surface area contributed by atoms with Crippen LogP contribution in [-0.4, -0.2) is 23.5 Å². The summed E-state index contributed by atoms with van der Waals surface area (Å²) in [5.41, 5.74) is 7.57. The molecular weight excluding hydrogens is 200 g/mol. The van der Waals surface area contributed by atoms with Gasteiger partial charge >= 0.3 is 0 Å². The number of nitrogens with two attached hydrogens (primary N) is 1. The molecule has 3 nitrogen and oxygen atoms in total. The van der Waals surface area contributed by atoms with Crippen LogP contribution in [0.25, 0.3) is 0 Å². The van der Waals surface area contributed by atoms with Gasteiger partial charge in [-0.3, -0.25) is 4.99 Å². The maximum absolute atomic E-state index is 9.38. The molecule has 86 valence electrons. The molecule has 0 aliphatic heterocycles. The average molecular weight is 218 g/mol. The number of para-hydroxylation sites is 1. The quantitative estimate of drug-likeness (QED) is 0.589. The molecule has 0 atom stereocenters. The minimum absolute atomic E-state index is 0.117. The van der Waals surface area contributed by atoms with Gasteiger partial charge in [0.25, 0.3) is 0 Å². The van der Waals surface area contributed by atoms with Crippen LogP contribution >= 0.6 is 0 Å². The fraction of sp³-hybridized carbons (Fsp3) is 0.462. The summed E-state index contributed by atoms with van der Waals surface area (Å²) in [5, 5.41) is 9.38. The molecule has 1 aliphatic rings. The molecule has 0 unspecified atom stereocenters. The lowest BCUT2D eigenvalue weighted by Gasteiger charge is -2.22. The summed E-state index contributed by atoms with van der Waals surface area (Å²) in [5.74, 6) is 0. The fourth-order valence-corrected chi connectivity index (χ4v) is 2.02. The first-order valence-electron chi connectivity index (χ1n) is 5.81. The second kappa shape index (κ2) is 5.12. The van der Waals surface area contributed by atoms with E-state index in [-0.39, 0.29) is 6.10 Å². The molecule has 1 aromatic carbocycles. The van der Waals surface area contributed by atoms with Crippen LogP contribution in [0.4, 0.5) is 5.69 Å². The van der Waals surface area contributed by atoms with Gasteiger partial charge in [-0.2, -0.15) is 0 Å². The Labute approximate surface area is 96.0 Å². The van der Waals surface area contributed by atoms with Crippen molar-refractivity contribution in [3.05, 3.63) is 29.8 Å². The molecule has 3 N–H and O–H groups in total. The Morgan fingerprint density at radius 2 is 1.88 bits per heavy atom. The molecule has 1 aliphatic carbocycles. The zero-order valence-electron chi connectivity index (χ0n) is 9.34. The SMILES string of the molecule is Nc1ccccc1C=NC1CCC(O)CC1. The van der Waals surface area contributed by atoms with Crippen molar-refractivity contribution in [3.63, 3.8) is 0 Å². The molecule has 0 amide bonds. The molecule has 0 saturated heterocycles. The zero-order valence-corrected chi connectivity index (χ0v) is 9.34. The van der Waals surface area contributed by atoms with Gasteiger partial charge in [0.15, 0.2) is 0 Å². The monoisotopic (exact) mass is 218 g/mol. The molecule has 0 spiro atoms. The minimum Gasteiger partial charge on any atom is -0.398 e. The van der Waals surface area contributed by atoms with Gasteiger partial charge in [-0.05, 0) is 31.7 Å². The van der Waals surface area contributed by atoms with E-state index in [1.165, 1.54) is 0 Å². The lowest BCUT2D eigenvalue weighted by molar-refractivity contribution is 0.123. The first-order valence-corrected chi connectivity index (χ1v) is 5.81. The fourth-order valence-electron chi connectivity index (χ4n) is 2.02. The highest BCUT2D eigenvalue weighted by Crippen LogP contribution is 2.21. The predicted octanol–water partition coefficient (Wildman–Crippen LogP) is 1.99. The smallest absolute Gasteiger partial charge is 0.0541 e. The second-order valence-corrected chi connectivity index (χ2v) is 4.37. The Morgan fingerprint density at radius 1 is 1.19 bits per heavy atom. The number of aliphatic imine (C=N–C) groups is 1. The molecule has 0 bridgehead atoms. The van der Waals surface area contributed by atoms with Crippen LogP contribution in [0.1, 0.15) is 31.2 Å². The number of hydrogen-bond acceptors (Lipinski definition) is 3. The van der Waals surface area contributed by atoms with Crippen LogP contribution in [0.15, 0.2) is 29.3 Å². The number of nitrogen functional groups attached to an aromatic ring is 1. The maximum Gasteiger partial charge on any atom is 0.0541 e. The number of aliphatic hydroxyl groups excluding tert-OH is 1. The third-order valence-electron chi connectivity index (χ3n) is 3.09. The number of anilines is 1. The summed E-state index contributed by atoms with van der Waals surface area (Å²) in [6.07, 6.45) is 5.43. The molecule has 1 saturated carbocycles. The summed E-state index contributed by atoms with van der Waals surface area (Å²) >= 11 is 0. The highest BCUT2D eigenvalue weighted by atomic mass is 16.3. The van der Waals surface area contributed by atoms with E-state index in [2.05, 4.69) is 4.99 Å². The Balaban J connectivity index is 1.97. The molecule has 0 heterocycles. The van der Waals surface area contributed by atoms with Gasteiger partial charge in [-0.1, -0.05) is 18.2 Å². The summed E-state index contributed by atoms with van der Waals surface area (Å²) in [4.78, 5) is 4.53. The van der Waals surface area contributed by atoms with Crippen LogP contribution in [0.2, 0.25) is 0 Å². The van der Waals surface area contributed by atoms with Crippen LogP contribution < -0.4 is 5.73 Å². The van der Waals surface area contributed by atoms with Crippen LogP contribution in [-0.2, 0) is 0 Å². The summed E-state index contributed by atoms with van der Waals surface area (Å²) in [6.45, 7) is 0. The maximum atomic E-state index is 9.38. The summed E-state index contributed by atoms with van der Waals surface area (Å²) in [7, 11) is 0. The number of aliphatic hydroxyl groups is 1. The van der Waals surface area contributed by atoms with Gasteiger partial charge < -0.3 is 10.8 Å². The van der Waals surface area contributed by atoms with Gasteiger partial charge in [-0.15, -0.1) is 0 Å². The van der Waals surface area contributed by atoms with E-state index in [0.29, 0.717) is 6.04 Å². The van der Waals surface area contributed by atoms with Crippen molar-refractivity contribution in [1.82, 2.24) is 0 Å². The Morgan fingerprint density at radius 3 is 2.56 bits per heavy atom. The van der Waals surface area contributed by atoms with E-state index < -0.39 is 0 Å². The Bertz CT molecular complexity index is 368. The zero-order chi connectivity index (χ0) is 11.4. The van der Waals surface area contributed by atoms with E-state index in [0.717, 1.165) is 36.9 Å². The van der Waals surface area contributed by atoms with Gasteiger partial charge in [0.05, 0.1) is 12.1 Å². The van der Waals surface area contributed by atoms with E-state index in [4.69, 9.17) is 5.73 Å².